The normalized spacial score (nSPS) is 17.2. The highest BCUT2D eigenvalue weighted by Gasteiger charge is 2.45. The van der Waals surface area contributed by atoms with Gasteiger partial charge in [-0.1, -0.05) is 28.4 Å². The van der Waals surface area contributed by atoms with Crippen molar-refractivity contribution in [3.63, 3.8) is 0 Å². The zero-order valence-electron chi connectivity index (χ0n) is 12.5. The van der Waals surface area contributed by atoms with Crippen molar-refractivity contribution in [3.8, 4) is 5.75 Å². The summed E-state index contributed by atoms with van der Waals surface area (Å²) in [6.07, 6.45) is 1.90. The van der Waals surface area contributed by atoms with Crippen molar-refractivity contribution in [1.29, 1.82) is 0 Å². The van der Waals surface area contributed by atoms with Gasteiger partial charge >= 0.3 is 5.97 Å². The van der Waals surface area contributed by atoms with Crippen molar-refractivity contribution in [2.45, 2.75) is 38.7 Å². The van der Waals surface area contributed by atoms with E-state index in [9.17, 15) is 14.7 Å². The SMILES string of the molecule is CC(CNC(=O)CC1(C(=O)O)CCC1)Oc1cccc(Br)c1. The van der Waals surface area contributed by atoms with Crippen LogP contribution in [0.1, 0.15) is 32.6 Å². The van der Waals surface area contributed by atoms with Crippen LogP contribution in [0, 0.1) is 5.41 Å². The molecule has 0 radical (unpaired) electrons. The van der Waals surface area contributed by atoms with Gasteiger partial charge in [-0.25, -0.2) is 0 Å². The summed E-state index contributed by atoms with van der Waals surface area (Å²) in [4.78, 5) is 23.2. The lowest BCUT2D eigenvalue weighted by Gasteiger charge is -2.37. The predicted octanol–water partition coefficient (Wildman–Crippen LogP) is 2.98. The average Bonchev–Trinajstić information content (AvgIpc) is 2.40. The minimum absolute atomic E-state index is 0.0476. The monoisotopic (exact) mass is 369 g/mol. The molecular formula is C16H20BrNO4. The van der Waals surface area contributed by atoms with E-state index in [1.165, 1.54) is 0 Å². The molecule has 1 unspecified atom stereocenters. The van der Waals surface area contributed by atoms with Gasteiger partial charge in [-0.15, -0.1) is 0 Å². The van der Waals surface area contributed by atoms with E-state index in [0.29, 0.717) is 19.4 Å². The van der Waals surface area contributed by atoms with Crippen LogP contribution in [0.2, 0.25) is 0 Å². The Morgan fingerprint density at radius 2 is 2.18 bits per heavy atom. The molecule has 1 aliphatic carbocycles. The molecule has 1 fully saturated rings. The lowest BCUT2D eigenvalue weighted by molar-refractivity contribution is -0.157. The maximum atomic E-state index is 11.9. The van der Waals surface area contributed by atoms with E-state index in [0.717, 1.165) is 16.6 Å². The fourth-order valence-electron chi connectivity index (χ4n) is 2.51. The van der Waals surface area contributed by atoms with Crippen molar-refractivity contribution >= 4 is 27.8 Å². The van der Waals surface area contributed by atoms with Crippen LogP contribution < -0.4 is 10.1 Å². The van der Waals surface area contributed by atoms with Gasteiger partial charge < -0.3 is 15.2 Å². The molecule has 1 amide bonds. The van der Waals surface area contributed by atoms with Gasteiger partial charge in [-0.3, -0.25) is 9.59 Å². The summed E-state index contributed by atoms with van der Waals surface area (Å²) in [7, 11) is 0. The van der Waals surface area contributed by atoms with Crippen molar-refractivity contribution in [1.82, 2.24) is 5.32 Å². The number of nitrogens with one attached hydrogen (secondary N) is 1. The van der Waals surface area contributed by atoms with Gasteiger partial charge in [0.25, 0.3) is 0 Å². The summed E-state index contributed by atoms with van der Waals surface area (Å²) in [6.45, 7) is 2.21. The van der Waals surface area contributed by atoms with Crippen LogP contribution in [0.3, 0.4) is 0 Å². The molecule has 0 aromatic heterocycles. The van der Waals surface area contributed by atoms with Crippen molar-refractivity contribution < 1.29 is 19.4 Å². The fourth-order valence-corrected chi connectivity index (χ4v) is 2.89. The molecule has 1 saturated carbocycles. The molecule has 0 aliphatic heterocycles. The highest BCUT2D eigenvalue weighted by Crippen LogP contribution is 2.44. The molecule has 5 nitrogen and oxygen atoms in total. The first-order valence-corrected chi connectivity index (χ1v) is 8.13. The maximum absolute atomic E-state index is 11.9. The van der Waals surface area contributed by atoms with Crippen LogP contribution in [0.15, 0.2) is 28.7 Å². The lowest BCUT2D eigenvalue weighted by Crippen LogP contribution is -2.44. The van der Waals surface area contributed by atoms with Crippen molar-refractivity contribution in [2.75, 3.05) is 6.54 Å². The largest absolute Gasteiger partial charge is 0.489 e. The molecule has 2 N–H and O–H groups in total. The van der Waals surface area contributed by atoms with Crippen LogP contribution in [0.4, 0.5) is 0 Å². The Kier molecular flexibility index (Phi) is 5.45. The Bertz CT molecular complexity index is 557. The minimum atomic E-state index is -0.868. The first-order valence-electron chi connectivity index (χ1n) is 7.34. The number of carboxylic acid groups (broad SMARTS) is 1. The minimum Gasteiger partial charge on any atom is -0.489 e. The summed E-state index contributed by atoms with van der Waals surface area (Å²) in [5, 5.41) is 12.0. The number of rotatable bonds is 7. The Labute approximate surface area is 138 Å². The molecule has 0 bridgehead atoms. The predicted molar refractivity (Wildman–Crippen MR) is 85.8 cm³/mol. The second-order valence-corrected chi connectivity index (χ2v) is 6.72. The quantitative estimate of drug-likeness (QED) is 0.774. The molecule has 1 aliphatic rings. The van der Waals surface area contributed by atoms with Crippen LogP contribution in [-0.4, -0.2) is 29.6 Å². The highest BCUT2D eigenvalue weighted by atomic mass is 79.9. The van der Waals surface area contributed by atoms with Crippen LogP contribution in [-0.2, 0) is 9.59 Å². The molecule has 120 valence electrons. The standard InChI is InChI=1S/C16H20BrNO4/c1-11(22-13-5-2-4-12(17)8-13)10-18-14(19)9-16(15(20)21)6-3-7-16/h2,4-5,8,11H,3,6-7,9-10H2,1H3,(H,18,19)(H,20,21). The highest BCUT2D eigenvalue weighted by molar-refractivity contribution is 9.10. The van der Waals surface area contributed by atoms with E-state index in [-0.39, 0.29) is 18.4 Å². The summed E-state index contributed by atoms with van der Waals surface area (Å²) in [5.41, 5.74) is -0.849. The number of carbonyl (C=O) groups excluding carboxylic acids is 1. The number of carbonyl (C=O) groups is 2. The Morgan fingerprint density at radius 3 is 2.73 bits per heavy atom. The lowest BCUT2D eigenvalue weighted by atomic mass is 9.66. The third-order valence-electron chi connectivity index (χ3n) is 3.98. The molecule has 0 heterocycles. The number of aliphatic carboxylic acids is 1. The summed E-state index contributed by atoms with van der Waals surface area (Å²) in [6, 6.07) is 7.48. The Hall–Kier alpha value is -1.56. The van der Waals surface area contributed by atoms with Gasteiger partial charge in [0, 0.05) is 10.9 Å². The van der Waals surface area contributed by atoms with Crippen LogP contribution >= 0.6 is 15.9 Å². The van der Waals surface area contributed by atoms with E-state index in [4.69, 9.17) is 4.74 Å². The maximum Gasteiger partial charge on any atom is 0.310 e. The van der Waals surface area contributed by atoms with Gasteiger partial charge in [-0.2, -0.15) is 0 Å². The van der Waals surface area contributed by atoms with E-state index in [1.807, 2.05) is 31.2 Å². The molecule has 6 heteroatoms. The van der Waals surface area contributed by atoms with Gasteiger partial charge in [0.05, 0.1) is 12.0 Å². The summed E-state index contributed by atoms with van der Waals surface area (Å²) < 4.78 is 6.63. The molecule has 1 aromatic rings. The van der Waals surface area contributed by atoms with E-state index in [1.54, 1.807) is 0 Å². The van der Waals surface area contributed by atoms with E-state index < -0.39 is 11.4 Å². The van der Waals surface area contributed by atoms with Crippen molar-refractivity contribution in [3.05, 3.63) is 28.7 Å². The zero-order valence-corrected chi connectivity index (χ0v) is 14.1. The number of hydrogen-bond donors (Lipinski definition) is 2. The number of carboxylic acids is 1. The van der Waals surface area contributed by atoms with Crippen molar-refractivity contribution in [2.24, 2.45) is 5.41 Å². The second kappa shape index (κ2) is 7.13. The third kappa shape index (κ3) is 4.22. The number of amides is 1. The number of hydrogen-bond acceptors (Lipinski definition) is 3. The van der Waals surface area contributed by atoms with Crippen LogP contribution in [0.5, 0.6) is 5.75 Å². The molecule has 1 aromatic carbocycles. The zero-order chi connectivity index (χ0) is 16.2. The number of halogens is 1. The smallest absolute Gasteiger partial charge is 0.310 e. The molecule has 1 atom stereocenters. The van der Waals surface area contributed by atoms with Gasteiger partial charge in [0.1, 0.15) is 11.9 Å². The second-order valence-electron chi connectivity index (χ2n) is 5.81. The fraction of sp³-hybridized carbons (Fsp3) is 0.500. The molecule has 0 spiro atoms. The van der Waals surface area contributed by atoms with Gasteiger partial charge in [-0.05, 0) is 38.0 Å². The van der Waals surface area contributed by atoms with Gasteiger partial charge in [0.15, 0.2) is 0 Å². The summed E-state index contributed by atoms with van der Waals surface area (Å²) >= 11 is 3.37. The Balaban J connectivity index is 1.77. The number of ether oxygens (including phenoxy) is 1. The molecule has 22 heavy (non-hydrogen) atoms. The topological polar surface area (TPSA) is 75.6 Å². The molecular weight excluding hydrogens is 350 g/mol. The van der Waals surface area contributed by atoms with E-state index >= 15 is 0 Å². The molecule has 0 saturated heterocycles. The van der Waals surface area contributed by atoms with Gasteiger partial charge in [0.2, 0.25) is 5.91 Å². The number of benzene rings is 1. The first kappa shape index (κ1) is 16.8. The van der Waals surface area contributed by atoms with Crippen LogP contribution in [0.25, 0.3) is 0 Å². The summed E-state index contributed by atoms with van der Waals surface area (Å²) in [5.74, 6) is -0.378. The first-order chi connectivity index (χ1) is 10.4. The third-order valence-corrected chi connectivity index (χ3v) is 4.48. The molecule has 2 rings (SSSR count). The average molecular weight is 370 g/mol. The Morgan fingerprint density at radius 1 is 1.45 bits per heavy atom. The van der Waals surface area contributed by atoms with E-state index in [2.05, 4.69) is 21.2 Å².